The fourth-order valence-electron chi connectivity index (χ4n) is 4.15. The predicted octanol–water partition coefficient (Wildman–Crippen LogP) is 2.94. The summed E-state index contributed by atoms with van der Waals surface area (Å²) >= 11 is 0. The Hall–Kier alpha value is -3.23. The zero-order valence-electron chi connectivity index (χ0n) is 18.6. The molecule has 1 aliphatic heterocycles. The van der Waals surface area contributed by atoms with Gasteiger partial charge in [-0.1, -0.05) is 12.1 Å². The molecule has 1 aliphatic carbocycles. The number of pyridine rings is 1. The number of hydrogen-bond donors (Lipinski definition) is 2. The van der Waals surface area contributed by atoms with Crippen molar-refractivity contribution in [2.75, 3.05) is 38.2 Å². The molecule has 1 saturated heterocycles. The first-order valence-electron chi connectivity index (χ1n) is 11.6. The number of nitrogens with one attached hydrogen (secondary N) is 2. The van der Waals surface area contributed by atoms with Crippen molar-refractivity contribution in [3.63, 3.8) is 0 Å². The van der Waals surface area contributed by atoms with Crippen molar-refractivity contribution in [1.29, 1.82) is 0 Å². The monoisotopic (exact) mass is 447 g/mol. The number of morpholine rings is 1. The molecule has 33 heavy (non-hydrogen) atoms. The lowest BCUT2D eigenvalue weighted by Crippen LogP contribution is -2.39. The Morgan fingerprint density at radius 3 is 2.73 bits per heavy atom. The molecule has 1 aromatic carbocycles. The quantitative estimate of drug-likeness (QED) is 0.582. The van der Waals surface area contributed by atoms with Gasteiger partial charge in [0.05, 0.1) is 24.5 Å². The van der Waals surface area contributed by atoms with Gasteiger partial charge in [-0.05, 0) is 43.5 Å². The number of imidazole rings is 1. The number of carbonyl (C=O) groups is 2. The molecule has 0 spiro atoms. The molecule has 0 atom stereocenters. The maximum Gasteiger partial charge on any atom is 0.252 e. The minimum Gasteiger partial charge on any atom is -0.379 e. The summed E-state index contributed by atoms with van der Waals surface area (Å²) in [5.41, 5.74) is 3.84. The zero-order chi connectivity index (χ0) is 22.6. The molecule has 8 nitrogen and oxygen atoms in total. The summed E-state index contributed by atoms with van der Waals surface area (Å²) in [5.74, 6) is -0.0469. The number of aromatic nitrogens is 2. The van der Waals surface area contributed by atoms with Gasteiger partial charge in [-0.3, -0.25) is 14.5 Å². The number of hydrogen-bond acceptors (Lipinski definition) is 5. The van der Waals surface area contributed by atoms with Crippen LogP contribution in [0, 0.1) is 0 Å². The second kappa shape index (κ2) is 9.72. The summed E-state index contributed by atoms with van der Waals surface area (Å²) in [6.07, 6.45) is 7.48. The number of anilines is 1. The molecule has 2 amide bonds. The SMILES string of the molecule is O=C(CCN1CCOCC1)Nc1cccc(-c2cn3cc(C(=O)NC4CCC4)ccc3n2)c1. The van der Waals surface area contributed by atoms with Crippen LogP contribution < -0.4 is 10.6 Å². The van der Waals surface area contributed by atoms with Crippen LogP contribution in [0.5, 0.6) is 0 Å². The Morgan fingerprint density at radius 1 is 1.09 bits per heavy atom. The smallest absolute Gasteiger partial charge is 0.252 e. The molecule has 2 aromatic heterocycles. The summed E-state index contributed by atoms with van der Waals surface area (Å²) in [5, 5.41) is 6.06. The van der Waals surface area contributed by atoms with E-state index >= 15 is 0 Å². The second-order valence-corrected chi connectivity index (χ2v) is 8.74. The van der Waals surface area contributed by atoms with Crippen LogP contribution in [-0.2, 0) is 9.53 Å². The van der Waals surface area contributed by atoms with E-state index in [0.717, 1.165) is 68.3 Å². The Bertz CT molecular complexity index is 1150. The molecule has 8 heteroatoms. The van der Waals surface area contributed by atoms with Crippen LogP contribution in [0.2, 0.25) is 0 Å². The third-order valence-corrected chi connectivity index (χ3v) is 6.35. The molecule has 2 aliphatic rings. The Morgan fingerprint density at radius 2 is 1.94 bits per heavy atom. The number of ether oxygens (including phenoxy) is 1. The molecule has 172 valence electrons. The first-order valence-corrected chi connectivity index (χ1v) is 11.6. The normalized spacial score (nSPS) is 17.0. The lowest BCUT2D eigenvalue weighted by atomic mass is 9.93. The van der Waals surface area contributed by atoms with Gasteiger partial charge in [-0.15, -0.1) is 0 Å². The Kier molecular flexibility index (Phi) is 6.37. The number of nitrogens with zero attached hydrogens (tertiary/aromatic N) is 3. The van der Waals surface area contributed by atoms with Gasteiger partial charge in [0, 0.05) is 55.7 Å². The minimum absolute atomic E-state index is 0.00393. The van der Waals surface area contributed by atoms with Crippen LogP contribution >= 0.6 is 0 Å². The highest BCUT2D eigenvalue weighted by Gasteiger charge is 2.20. The topological polar surface area (TPSA) is 88.0 Å². The van der Waals surface area contributed by atoms with E-state index in [1.807, 2.05) is 53.2 Å². The molecule has 2 N–H and O–H groups in total. The first kappa shape index (κ1) is 21.6. The molecule has 0 radical (unpaired) electrons. The number of rotatable bonds is 7. The zero-order valence-corrected chi connectivity index (χ0v) is 18.6. The van der Waals surface area contributed by atoms with Gasteiger partial charge in [0.25, 0.3) is 5.91 Å². The van der Waals surface area contributed by atoms with E-state index in [2.05, 4.69) is 20.5 Å². The second-order valence-electron chi connectivity index (χ2n) is 8.74. The molecule has 0 unspecified atom stereocenters. The molecule has 3 aromatic rings. The molecule has 5 rings (SSSR count). The molecular weight excluding hydrogens is 418 g/mol. The summed E-state index contributed by atoms with van der Waals surface area (Å²) in [4.78, 5) is 31.8. The van der Waals surface area contributed by atoms with Gasteiger partial charge in [0.2, 0.25) is 5.91 Å². The maximum absolute atomic E-state index is 12.5. The van der Waals surface area contributed by atoms with E-state index in [4.69, 9.17) is 4.74 Å². The highest BCUT2D eigenvalue weighted by Crippen LogP contribution is 2.23. The van der Waals surface area contributed by atoms with Gasteiger partial charge in [-0.2, -0.15) is 0 Å². The molecular formula is C25H29N5O3. The van der Waals surface area contributed by atoms with Gasteiger partial charge in [0.15, 0.2) is 0 Å². The van der Waals surface area contributed by atoms with E-state index in [9.17, 15) is 9.59 Å². The van der Waals surface area contributed by atoms with Crippen LogP contribution in [0.15, 0.2) is 48.8 Å². The summed E-state index contributed by atoms with van der Waals surface area (Å²) in [7, 11) is 0. The van der Waals surface area contributed by atoms with Crippen LogP contribution in [0.25, 0.3) is 16.9 Å². The third-order valence-electron chi connectivity index (χ3n) is 6.35. The van der Waals surface area contributed by atoms with E-state index in [0.29, 0.717) is 18.0 Å². The minimum atomic E-state index is -0.0429. The van der Waals surface area contributed by atoms with Crippen LogP contribution in [0.4, 0.5) is 5.69 Å². The van der Waals surface area contributed by atoms with E-state index in [1.54, 1.807) is 0 Å². The standard InChI is InChI=1S/C25H29N5O3/c31-24(9-10-29-11-13-33-14-12-29)26-21-6-1-3-18(15-21)22-17-30-16-19(7-8-23(30)28-22)25(32)27-20-4-2-5-20/h1,3,6-8,15-17,20H,2,4-5,9-14H2,(H,26,31)(H,27,32). The van der Waals surface area contributed by atoms with Crippen molar-refractivity contribution in [2.24, 2.45) is 0 Å². The van der Waals surface area contributed by atoms with Crippen LogP contribution in [-0.4, -0.2) is 65.0 Å². The highest BCUT2D eigenvalue weighted by molar-refractivity contribution is 5.94. The van der Waals surface area contributed by atoms with Crippen LogP contribution in [0.1, 0.15) is 36.0 Å². The van der Waals surface area contributed by atoms with Crippen molar-refractivity contribution in [2.45, 2.75) is 31.7 Å². The van der Waals surface area contributed by atoms with Crippen LogP contribution in [0.3, 0.4) is 0 Å². The highest BCUT2D eigenvalue weighted by atomic mass is 16.5. The Labute approximate surface area is 192 Å². The molecule has 2 fully saturated rings. The summed E-state index contributed by atoms with van der Waals surface area (Å²) in [6.45, 7) is 3.95. The third kappa shape index (κ3) is 5.23. The lowest BCUT2D eigenvalue weighted by Gasteiger charge is -2.26. The van der Waals surface area contributed by atoms with Crippen molar-refractivity contribution in [3.05, 3.63) is 54.4 Å². The average molecular weight is 448 g/mol. The lowest BCUT2D eigenvalue weighted by molar-refractivity contribution is -0.116. The van der Waals surface area contributed by atoms with Crippen molar-refractivity contribution < 1.29 is 14.3 Å². The maximum atomic E-state index is 12.5. The molecule has 0 bridgehead atoms. The van der Waals surface area contributed by atoms with Gasteiger partial charge < -0.3 is 19.8 Å². The van der Waals surface area contributed by atoms with Crippen molar-refractivity contribution >= 4 is 23.1 Å². The molecule has 3 heterocycles. The van der Waals surface area contributed by atoms with Gasteiger partial charge >= 0.3 is 0 Å². The van der Waals surface area contributed by atoms with Gasteiger partial charge in [-0.25, -0.2) is 4.98 Å². The van der Waals surface area contributed by atoms with Gasteiger partial charge in [0.1, 0.15) is 5.65 Å². The van der Waals surface area contributed by atoms with E-state index in [-0.39, 0.29) is 11.8 Å². The van der Waals surface area contributed by atoms with E-state index < -0.39 is 0 Å². The fourth-order valence-corrected chi connectivity index (χ4v) is 4.15. The van der Waals surface area contributed by atoms with E-state index in [1.165, 1.54) is 6.42 Å². The number of amides is 2. The predicted molar refractivity (Wildman–Crippen MR) is 126 cm³/mol. The fraction of sp³-hybridized carbons (Fsp3) is 0.400. The largest absolute Gasteiger partial charge is 0.379 e. The van der Waals surface area contributed by atoms with Crippen molar-refractivity contribution in [3.8, 4) is 11.3 Å². The van der Waals surface area contributed by atoms with Crippen molar-refractivity contribution in [1.82, 2.24) is 19.6 Å². The molecule has 1 saturated carbocycles. The average Bonchev–Trinajstić information content (AvgIpc) is 3.24. The Balaban J connectivity index is 1.25. The summed E-state index contributed by atoms with van der Waals surface area (Å²) < 4.78 is 7.22. The first-order chi connectivity index (χ1) is 16.1. The summed E-state index contributed by atoms with van der Waals surface area (Å²) in [6, 6.07) is 11.7. The number of carbonyl (C=O) groups excluding carboxylic acids is 2. The number of benzene rings is 1. The number of fused-ring (bicyclic) bond motifs is 1.